The number of hydrogen-bond acceptors (Lipinski definition) is 4. The van der Waals surface area contributed by atoms with Gasteiger partial charge >= 0.3 is 0 Å². The number of sulfonamides is 1. The van der Waals surface area contributed by atoms with Gasteiger partial charge in [0.05, 0.1) is 6.26 Å². The summed E-state index contributed by atoms with van der Waals surface area (Å²) in [5.41, 5.74) is 7.20. The van der Waals surface area contributed by atoms with E-state index in [-0.39, 0.29) is 12.3 Å². The van der Waals surface area contributed by atoms with E-state index >= 15 is 0 Å². The fraction of sp³-hybridized carbons (Fsp3) is 0.222. The molecule has 0 aliphatic heterocycles. The standard InChI is InChI=1S/C18H20ClN3O4S/c1-12-11-14(6-9-16(12)19)18(24)21-20-17(23)10-5-13-3-7-15(8-4-13)22-27(2,25)26/h3-4,6-9,11,22H,5,10H2,1-2H3,(H,20,23)(H,21,24). The third-order valence-corrected chi connectivity index (χ3v) is 4.66. The third kappa shape index (κ3) is 6.92. The first-order valence-electron chi connectivity index (χ1n) is 8.06. The number of aryl methyl sites for hydroxylation is 2. The Morgan fingerprint density at radius 1 is 1.04 bits per heavy atom. The van der Waals surface area contributed by atoms with Crippen LogP contribution >= 0.6 is 11.6 Å². The summed E-state index contributed by atoms with van der Waals surface area (Å²) in [6.45, 7) is 1.79. The van der Waals surface area contributed by atoms with Gasteiger partial charge in [-0.05, 0) is 54.8 Å². The quantitative estimate of drug-likeness (QED) is 0.637. The molecule has 0 aliphatic rings. The van der Waals surface area contributed by atoms with Crippen molar-refractivity contribution in [3.8, 4) is 0 Å². The van der Waals surface area contributed by atoms with Crippen molar-refractivity contribution in [2.45, 2.75) is 19.8 Å². The number of carbonyl (C=O) groups is 2. The summed E-state index contributed by atoms with van der Waals surface area (Å²) in [7, 11) is -3.32. The highest BCUT2D eigenvalue weighted by Crippen LogP contribution is 2.16. The Bertz CT molecular complexity index is 944. The highest BCUT2D eigenvalue weighted by Gasteiger charge is 2.09. The fourth-order valence-corrected chi connectivity index (χ4v) is 2.94. The van der Waals surface area contributed by atoms with Crippen molar-refractivity contribution in [2.75, 3.05) is 11.0 Å². The van der Waals surface area contributed by atoms with Gasteiger partial charge in [-0.15, -0.1) is 0 Å². The minimum absolute atomic E-state index is 0.165. The Balaban J connectivity index is 1.80. The highest BCUT2D eigenvalue weighted by atomic mass is 35.5. The summed E-state index contributed by atoms with van der Waals surface area (Å²) in [5, 5.41) is 0.563. The summed E-state index contributed by atoms with van der Waals surface area (Å²) < 4.78 is 24.7. The van der Waals surface area contributed by atoms with Crippen LogP contribution in [0.15, 0.2) is 42.5 Å². The summed E-state index contributed by atoms with van der Waals surface area (Å²) in [6.07, 6.45) is 1.69. The average molecular weight is 410 g/mol. The van der Waals surface area contributed by atoms with E-state index in [4.69, 9.17) is 11.6 Å². The van der Waals surface area contributed by atoms with Gasteiger partial charge in [0, 0.05) is 22.7 Å². The second-order valence-electron chi connectivity index (χ2n) is 6.04. The van der Waals surface area contributed by atoms with Crippen molar-refractivity contribution in [1.29, 1.82) is 0 Å². The molecule has 27 heavy (non-hydrogen) atoms. The number of rotatable bonds is 6. The molecule has 0 heterocycles. The van der Waals surface area contributed by atoms with E-state index in [1.807, 2.05) is 0 Å². The van der Waals surface area contributed by atoms with Crippen LogP contribution in [0.5, 0.6) is 0 Å². The Labute approximate surface area is 163 Å². The van der Waals surface area contributed by atoms with Crippen molar-refractivity contribution in [3.63, 3.8) is 0 Å². The maximum atomic E-state index is 12.0. The van der Waals surface area contributed by atoms with Crippen LogP contribution in [0.2, 0.25) is 5.02 Å². The van der Waals surface area contributed by atoms with E-state index in [2.05, 4.69) is 15.6 Å². The van der Waals surface area contributed by atoms with E-state index < -0.39 is 15.9 Å². The van der Waals surface area contributed by atoms with Gasteiger partial charge in [-0.1, -0.05) is 23.7 Å². The molecule has 2 rings (SSSR count). The van der Waals surface area contributed by atoms with Crippen LogP contribution < -0.4 is 15.6 Å². The molecule has 2 aromatic rings. The first-order chi connectivity index (χ1) is 12.6. The lowest BCUT2D eigenvalue weighted by molar-refractivity contribution is -0.121. The lowest BCUT2D eigenvalue weighted by Gasteiger charge is -2.09. The molecule has 7 nitrogen and oxygen atoms in total. The van der Waals surface area contributed by atoms with Gasteiger partial charge in [0.15, 0.2) is 0 Å². The summed E-state index contributed by atoms with van der Waals surface area (Å²) in [6, 6.07) is 11.5. The lowest BCUT2D eigenvalue weighted by Crippen LogP contribution is -2.41. The van der Waals surface area contributed by atoms with Crippen molar-refractivity contribution in [3.05, 3.63) is 64.2 Å². The van der Waals surface area contributed by atoms with Crippen LogP contribution in [0.3, 0.4) is 0 Å². The zero-order valence-corrected chi connectivity index (χ0v) is 16.4. The Hall–Kier alpha value is -2.58. The predicted molar refractivity (Wildman–Crippen MR) is 105 cm³/mol. The molecular weight excluding hydrogens is 390 g/mol. The predicted octanol–water partition coefficient (Wildman–Crippen LogP) is 2.41. The molecule has 0 atom stereocenters. The molecule has 0 unspecified atom stereocenters. The van der Waals surface area contributed by atoms with Crippen molar-refractivity contribution in [2.24, 2.45) is 0 Å². The second-order valence-corrected chi connectivity index (χ2v) is 8.19. The molecule has 0 saturated heterocycles. The highest BCUT2D eigenvalue weighted by molar-refractivity contribution is 7.92. The van der Waals surface area contributed by atoms with E-state index in [0.29, 0.717) is 22.7 Å². The SMILES string of the molecule is Cc1cc(C(=O)NNC(=O)CCc2ccc(NS(C)(=O)=O)cc2)ccc1Cl. The molecule has 0 aromatic heterocycles. The molecule has 0 saturated carbocycles. The average Bonchev–Trinajstić information content (AvgIpc) is 2.60. The number of hydrazine groups is 1. The molecule has 144 valence electrons. The summed E-state index contributed by atoms with van der Waals surface area (Å²) >= 11 is 5.92. The van der Waals surface area contributed by atoms with E-state index in [9.17, 15) is 18.0 Å². The second kappa shape index (κ2) is 8.88. The first kappa shape index (κ1) is 20.7. The molecule has 9 heteroatoms. The van der Waals surface area contributed by atoms with Crippen LogP contribution in [0.25, 0.3) is 0 Å². The molecule has 2 aromatic carbocycles. The Kier molecular flexibility index (Phi) is 6.81. The number of halogens is 1. The molecule has 2 amide bonds. The molecule has 0 fully saturated rings. The summed E-state index contributed by atoms with van der Waals surface area (Å²) in [4.78, 5) is 23.9. The number of benzene rings is 2. The van der Waals surface area contributed by atoms with Gasteiger partial charge in [0.25, 0.3) is 5.91 Å². The van der Waals surface area contributed by atoms with Crippen LogP contribution in [0.4, 0.5) is 5.69 Å². The number of amides is 2. The van der Waals surface area contributed by atoms with Crippen LogP contribution in [0.1, 0.15) is 27.9 Å². The van der Waals surface area contributed by atoms with Crippen molar-refractivity contribution >= 4 is 39.1 Å². The van der Waals surface area contributed by atoms with Gasteiger partial charge in [0.1, 0.15) is 0 Å². The molecule has 0 bridgehead atoms. The number of hydrogen-bond donors (Lipinski definition) is 3. The minimum atomic E-state index is -3.32. The summed E-state index contributed by atoms with van der Waals surface area (Å²) in [5.74, 6) is -0.772. The van der Waals surface area contributed by atoms with Crippen LogP contribution in [-0.4, -0.2) is 26.5 Å². The van der Waals surface area contributed by atoms with Gasteiger partial charge < -0.3 is 0 Å². The maximum absolute atomic E-state index is 12.0. The molecular formula is C18H20ClN3O4S. The lowest BCUT2D eigenvalue weighted by atomic mass is 10.1. The van der Waals surface area contributed by atoms with Crippen molar-refractivity contribution in [1.82, 2.24) is 10.9 Å². The molecule has 0 spiro atoms. The maximum Gasteiger partial charge on any atom is 0.269 e. The van der Waals surface area contributed by atoms with E-state index in [0.717, 1.165) is 17.4 Å². The zero-order chi connectivity index (χ0) is 20.0. The molecule has 3 N–H and O–H groups in total. The molecule has 0 aliphatic carbocycles. The van der Waals surface area contributed by atoms with Crippen LogP contribution in [0, 0.1) is 6.92 Å². The number of nitrogens with one attached hydrogen (secondary N) is 3. The number of carbonyl (C=O) groups excluding carboxylic acids is 2. The number of anilines is 1. The molecule has 0 radical (unpaired) electrons. The fourth-order valence-electron chi connectivity index (χ4n) is 2.26. The normalized spacial score (nSPS) is 10.9. The van der Waals surface area contributed by atoms with Gasteiger partial charge in [-0.2, -0.15) is 0 Å². The van der Waals surface area contributed by atoms with Crippen molar-refractivity contribution < 1.29 is 18.0 Å². The Morgan fingerprint density at radius 3 is 2.30 bits per heavy atom. The third-order valence-electron chi connectivity index (χ3n) is 3.63. The minimum Gasteiger partial charge on any atom is -0.284 e. The zero-order valence-electron chi connectivity index (χ0n) is 14.9. The smallest absolute Gasteiger partial charge is 0.269 e. The Morgan fingerprint density at radius 2 is 1.70 bits per heavy atom. The topological polar surface area (TPSA) is 104 Å². The van der Waals surface area contributed by atoms with E-state index in [1.54, 1.807) is 49.4 Å². The first-order valence-corrected chi connectivity index (χ1v) is 10.3. The van der Waals surface area contributed by atoms with Gasteiger partial charge in [-0.3, -0.25) is 25.2 Å². The van der Waals surface area contributed by atoms with Gasteiger partial charge in [0.2, 0.25) is 15.9 Å². The monoisotopic (exact) mass is 409 g/mol. The van der Waals surface area contributed by atoms with Crippen LogP contribution in [-0.2, 0) is 21.2 Å². The van der Waals surface area contributed by atoms with E-state index in [1.165, 1.54) is 0 Å². The van der Waals surface area contributed by atoms with Gasteiger partial charge in [-0.25, -0.2) is 8.42 Å². The largest absolute Gasteiger partial charge is 0.284 e.